The van der Waals surface area contributed by atoms with Crippen LogP contribution < -0.4 is 5.32 Å². The van der Waals surface area contributed by atoms with E-state index < -0.39 is 17.6 Å². The number of hydrogen-bond donors (Lipinski definition) is 3. The molecular weight excluding hydrogens is 234 g/mol. The van der Waals surface area contributed by atoms with Crippen molar-refractivity contribution in [3.05, 3.63) is 41.1 Å². The van der Waals surface area contributed by atoms with E-state index in [-0.39, 0.29) is 0 Å². The van der Waals surface area contributed by atoms with E-state index >= 15 is 0 Å². The molecule has 0 bridgehead atoms. The molecule has 3 N–H and O–H groups in total. The Bertz CT molecular complexity index is 439. The summed E-state index contributed by atoms with van der Waals surface area (Å²) < 4.78 is 0. The summed E-state index contributed by atoms with van der Waals surface area (Å²) in [5.74, 6) is -3.32. The van der Waals surface area contributed by atoms with Crippen molar-refractivity contribution < 1.29 is 19.8 Å². The number of carbonyl (C=O) groups excluding carboxylic acids is 1. The van der Waals surface area contributed by atoms with Crippen LogP contribution >= 0.6 is 11.6 Å². The number of carboxylic acid groups (broad SMARTS) is 1. The average Bonchev–Trinajstić information content (AvgIpc) is 2.21. The number of hydrogen-bond acceptors (Lipinski definition) is 3. The zero-order valence-electron chi connectivity index (χ0n) is 7.98. The fourth-order valence-electron chi connectivity index (χ4n) is 0.897. The van der Waals surface area contributed by atoms with Crippen molar-refractivity contribution in [2.24, 2.45) is 0 Å². The first-order valence-electron chi connectivity index (χ1n) is 4.19. The van der Waals surface area contributed by atoms with Crippen molar-refractivity contribution in [2.45, 2.75) is 0 Å². The van der Waals surface area contributed by atoms with Gasteiger partial charge >= 0.3 is 5.97 Å². The van der Waals surface area contributed by atoms with Gasteiger partial charge in [-0.15, -0.1) is 0 Å². The number of aliphatic hydroxyl groups is 1. The number of rotatable bonds is 3. The van der Waals surface area contributed by atoms with Crippen LogP contribution in [0.3, 0.4) is 0 Å². The van der Waals surface area contributed by atoms with Crippen molar-refractivity contribution in [3.63, 3.8) is 0 Å². The molecule has 0 radical (unpaired) electrons. The van der Waals surface area contributed by atoms with Crippen LogP contribution in [0.2, 0.25) is 5.02 Å². The number of halogens is 1. The van der Waals surface area contributed by atoms with Crippen molar-refractivity contribution >= 4 is 29.2 Å². The highest BCUT2D eigenvalue weighted by Gasteiger charge is 2.07. The van der Waals surface area contributed by atoms with Gasteiger partial charge < -0.3 is 15.5 Å². The second-order valence-electron chi connectivity index (χ2n) is 2.83. The van der Waals surface area contributed by atoms with Crippen LogP contribution in [0.5, 0.6) is 0 Å². The lowest BCUT2D eigenvalue weighted by atomic mass is 10.3. The van der Waals surface area contributed by atoms with Crippen molar-refractivity contribution in [2.75, 3.05) is 5.32 Å². The van der Waals surface area contributed by atoms with Crippen molar-refractivity contribution in [1.29, 1.82) is 0 Å². The van der Waals surface area contributed by atoms with Gasteiger partial charge in [-0.25, -0.2) is 4.79 Å². The van der Waals surface area contributed by atoms with Gasteiger partial charge in [-0.3, -0.25) is 4.79 Å². The molecule has 0 fully saturated rings. The summed E-state index contributed by atoms with van der Waals surface area (Å²) in [4.78, 5) is 21.4. The van der Waals surface area contributed by atoms with Crippen LogP contribution in [-0.4, -0.2) is 22.1 Å². The Labute approximate surface area is 96.0 Å². The zero-order chi connectivity index (χ0) is 12.1. The Morgan fingerprint density at radius 3 is 2.25 bits per heavy atom. The number of anilines is 1. The minimum atomic E-state index is -1.56. The predicted molar refractivity (Wildman–Crippen MR) is 58.4 cm³/mol. The third-order valence-electron chi connectivity index (χ3n) is 1.60. The van der Waals surface area contributed by atoms with Gasteiger partial charge in [0.05, 0.1) is 6.08 Å². The third kappa shape index (κ3) is 3.62. The summed E-state index contributed by atoms with van der Waals surface area (Å²) in [5, 5.41) is 20.0. The molecule has 0 spiro atoms. The molecule has 0 heterocycles. The summed E-state index contributed by atoms with van der Waals surface area (Å²) >= 11 is 5.63. The Morgan fingerprint density at radius 1 is 1.19 bits per heavy atom. The van der Waals surface area contributed by atoms with E-state index in [1.54, 1.807) is 24.3 Å². The van der Waals surface area contributed by atoms with E-state index in [1.165, 1.54) is 0 Å². The molecule has 6 heteroatoms. The third-order valence-corrected chi connectivity index (χ3v) is 1.85. The molecule has 0 aromatic heterocycles. The molecule has 1 amide bonds. The van der Waals surface area contributed by atoms with Crippen LogP contribution in [0.4, 0.5) is 5.69 Å². The molecule has 0 unspecified atom stereocenters. The second-order valence-corrected chi connectivity index (χ2v) is 3.27. The maximum Gasteiger partial charge on any atom is 0.371 e. The summed E-state index contributed by atoms with van der Waals surface area (Å²) in [6.07, 6.45) is 0.580. The second kappa shape index (κ2) is 5.18. The fraction of sp³-hybridized carbons (Fsp3) is 0. The van der Waals surface area contributed by atoms with Crippen molar-refractivity contribution in [3.8, 4) is 0 Å². The normalized spacial score (nSPS) is 10.9. The highest BCUT2D eigenvalue weighted by molar-refractivity contribution is 6.30. The molecule has 0 aliphatic rings. The predicted octanol–water partition coefficient (Wildman–Crippen LogP) is 1.80. The minimum absolute atomic E-state index is 0.448. The van der Waals surface area contributed by atoms with Gasteiger partial charge in [0.1, 0.15) is 0 Å². The first kappa shape index (κ1) is 12.1. The SMILES string of the molecule is O=C(/C=C(\O)C(=O)O)Nc1ccc(Cl)cc1. The number of aliphatic carboxylic acids is 1. The zero-order valence-corrected chi connectivity index (χ0v) is 8.73. The summed E-state index contributed by atoms with van der Waals surface area (Å²) in [5.41, 5.74) is 0.448. The van der Waals surface area contributed by atoms with E-state index in [0.717, 1.165) is 0 Å². The molecule has 0 atom stereocenters. The van der Waals surface area contributed by atoms with Crippen LogP contribution in [0, 0.1) is 0 Å². The Hall–Kier alpha value is -2.01. The van der Waals surface area contributed by atoms with E-state index in [2.05, 4.69) is 5.32 Å². The van der Waals surface area contributed by atoms with Crippen LogP contribution in [0.1, 0.15) is 0 Å². The maximum absolute atomic E-state index is 11.2. The summed E-state index contributed by atoms with van der Waals surface area (Å²) in [7, 11) is 0. The molecule has 1 aromatic carbocycles. The lowest BCUT2D eigenvalue weighted by Crippen LogP contribution is -2.11. The summed E-state index contributed by atoms with van der Waals surface area (Å²) in [6, 6.07) is 6.23. The number of amides is 1. The number of benzene rings is 1. The standard InChI is InChI=1S/C10H8ClNO4/c11-6-1-3-7(4-2-6)12-9(14)5-8(13)10(15)16/h1-5,13H,(H,12,14)(H,15,16)/b8-5-. The van der Waals surface area contributed by atoms with Gasteiger partial charge in [0.15, 0.2) is 0 Å². The largest absolute Gasteiger partial charge is 0.502 e. The number of aliphatic hydroxyl groups excluding tert-OH is 1. The first-order valence-corrected chi connectivity index (χ1v) is 4.57. The molecule has 0 saturated carbocycles. The van der Waals surface area contributed by atoms with Gasteiger partial charge in [0.2, 0.25) is 5.76 Å². The monoisotopic (exact) mass is 241 g/mol. The average molecular weight is 242 g/mol. The first-order chi connectivity index (χ1) is 7.49. The maximum atomic E-state index is 11.2. The van der Waals surface area contributed by atoms with Gasteiger partial charge in [0.25, 0.3) is 5.91 Å². The number of carboxylic acids is 1. The van der Waals surface area contributed by atoms with E-state index in [1.807, 2.05) is 0 Å². The molecule has 0 aliphatic carbocycles. The van der Waals surface area contributed by atoms with E-state index in [9.17, 15) is 9.59 Å². The van der Waals surface area contributed by atoms with E-state index in [4.69, 9.17) is 21.8 Å². The number of nitrogens with one attached hydrogen (secondary N) is 1. The molecule has 16 heavy (non-hydrogen) atoms. The summed E-state index contributed by atoms with van der Waals surface area (Å²) in [6.45, 7) is 0. The molecule has 1 rings (SSSR count). The number of carbonyl (C=O) groups is 2. The lowest BCUT2D eigenvalue weighted by Gasteiger charge is -2.01. The van der Waals surface area contributed by atoms with E-state index in [0.29, 0.717) is 16.8 Å². The molecule has 0 saturated heterocycles. The van der Waals surface area contributed by atoms with Gasteiger partial charge in [-0.1, -0.05) is 11.6 Å². The highest BCUT2D eigenvalue weighted by Crippen LogP contribution is 2.13. The highest BCUT2D eigenvalue weighted by atomic mass is 35.5. The molecule has 0 aliphatic heterocycles. The smallest absolute Gasteiger partial charge is 0.371 e. The molecular formula is C10H8ClNO4. The lowest BCUT2D eigenvalue weighted by molar-refractivity contribution is -0.135. The quantitative estimate of drug-likeness (QED) is 0.556. The molecule has 5 nitrogen and oxygen atoms in total. The van der Waals surface area contributed by atoms with Gasteiger partial charge in [-0.05, 0) is 24.3 Å². The molecule has 84 valence electrons. The van der Waals surface area contributed by atoms with Crippen LogP contribution in [-0.2, 0) is 9.59 Å². The topological polar surface area (TPSA) is 86.6 Å². The van der Waals surface area contributed by atoms with Crippen molar-refractivity contribution in [1.82, 2.24) is 0 Å². The fourth-order valence-corrected chi connectivity index (χ4v) is 1.02. The minimum Gasteiger partial charge on any atom is -0.502 e. The Morgan fingerprint density at radius 2 is 1.75 bits per heavy atom. The molecule has 1 aromatic rings. The van der Waals surface area contributed by atoms with Gasteiger partial charge in [0, 0.05) is 10.7 Å². The van der Waals surface area contributed by atoms with Crippen LogP contribution in [0.25, 0.3) is 0 Å². The van der Waals surface area contributed by atoms with Gasteiger partial charge in [-0.2, -0.15) is 0 Å². The Kier molecular flexibility index (Phi) is 3.90. The Balaban J connectivity index is 2.68. The van der Waals surface area contributed by atoms with Crippen LogP contribution in [0.15, 0.2) is 36.1 Å².